The van der Waals surface area contributed by atoms with Crippen LogP contribution < -0.4 is 0 Å². The van der Waals surface area contributed by atoms with Crippen molar-refractivity contribution in [3.8, 4) is 0 Å². The maximum atomic E-state index is 11.1. The fraction of sp³-hybridized carbons (Fsp3) is 0.571. The molecule has 0 spiro atoms. The largest absolute Gasteiger partial charge is 0.461 e. The molecule has 0 aromatic heterocycles. The van der Waals surface area contributed by atoms with Gasteiger partial charge in [-0.3, -0.25) is 4.79 Å². The van der Waals surface area contributed by atoms with Gasteiger partial charge in [-0.15, -0.1) is 11.6 Å². The number of rotatable bonds is 4. The SMILES string of the molecule is CCOC(=O)/C(=N\O)C(=O)C(C)Cl. The molecule has 0 aliphatic carbocycles. The number of halogens is 1. The zero-order valence-corrected chi connectivity index (χ0v) is 8.04. The van der Waals surface area contributed by atoms with Crippen molar-refractivity contribution in [2.45, 2.75) is 19.2 Å². The van der Waals surface area contributed by atoms with Gasteiger partial charge in [-0.2, -0.15) is 0 Å². The Labute approximate surface area is 80.3 Å². The summed E-state index contributed by atoms with van der Waals surface area (Å²) in [5.74, 6) is -1.73. The van der Waals surface area contributed by atoms with Crippen molar-refractivity contribution in [2.75, 3.05) is 6.61 Å². The van der Waals surface area contributed by atoms with Crippen molar-refractivity contribution < 1.29 is 19.5 Å². The summed E-state index contributed by atoms with van der Waals surface area (Å²) in [5.41, 5.74) is -0.677. The third-order valence-corrected chi connectivity index (χ3v) is 1.36. The van der Waals surface area contributed by atoms with Gasteiger partial charge in [-0.1, -0.05) is 5.16 Å². The molecular formula is C7H10ClNO4. The lowest BCUT2D eigenvalue weighted by atomic mass is 10.2. The second-order valence-corrected chi connectivity index (χ2v) is 2.80. The molecule has 6 heteroatoms. The van der Waals surface area contributed by atoms with E-state index in [9.17, 15) is 9.59 Å². The van der Waals surface area contributed by atoms with Gasteiger partial charge in [0.25, 0.3) is 0 Å². The zero-order valence-electron chi connectivity index (χ0n) is 7.28. The molecule has 0 heterocycles. The first kappa shape index (κ1) is 11.9. The molecule has 13 heavy (non-hydrogen) atoms. The standard InChI is InChI=1S/C7H10ClNO4/c1-3-13-7(11)5(9-12)6(10)4(2)8/h4,12H,3H2,1-2H3/b9-5-. The van der Waals surface area contributed by atoms with Crippen LogP contribution in [0.4, 0.5) is 0 Å². The summed E-state index contributed by atoms with van der Waals surface area (Å²) in [4.78, 5) is 22.0. The Morgan fingerprint density at radius 2 is 2.15 bits per heavy atom. The van der Waals surface area contributed by atoms with E-state index in [0.717, 1.165) is 0 Å². The van der Waals surface area contributed by atoms with Crippen molar-refractivity contribution >= 4 is 29.1 Å². The van der Waals surface area contributed by atoms with Crippen molar-refractivity contribution in [2.24, 2.45) is 5.16 Å². The maximum Gasteiger partial charge on any atom is 0.364 e. The molecule has 0 fully saturated rings. The minimum absolute atomic E-state index is 0.0990. The number of ketones is 1. The Balaban J connectivity index is 4.54. The second-order valence-electron chi connectivity index (χ2n) is 2.15. The van der Waals surface area contributed by atoms with E-state index in [2.05, 4.69) is 9.89 Å². The van der Waals surface area contributed by atoms with Gasteiger partial charge in [0.05, 0.1) is 12.0 Å². The van der Waals surface area contributed by atoms with Crippen molar-refractivity contribution in [3.05, 3.63) is 0 Å². The molecule has 0 radical (unpaired) electrons. The Kier molecular flexibility index (Phi) is 5.06. The van der Waals surface area contributed by atoms with Gasteiger partial charge in [0, 0.05) is 0 Å². The van der Waals surface area contributed by atoms with Crippen molar-refractivity contribution in [3.63, 3.8) is 0 Å². The minimum atomic E-state index is -0.970. The summed E-state index contributed by atoms with van der Waals surface area (Å²) in [6, 6.07) is 0. The van der Waals surface area contributed by atoms with E-state index in [1.165, 1.54) is 6.92 Å². The number of ether oxygens (including phenoxy) is 1. The summed E-state index contributed by atoms with van der Waals surface area (Å²) in [7, 11) is 0. The van der Waals surface area contributed by atoms with Gasteiger partial charge in [0.1, 0.15) is 0 Å². The highest BCUT2D eigenvalue weighted by atomic mass is 35.5. The quantitative estimate of drug-likeness (QED) is 0.183. The Hall–Kier alpha value is -1.10. The number of esters is 1. The van der Waals surface area contributed by atoms with Crippen LogP contribution in [0.1, 0.15) is 13.8 Å². The molecule has 0 bridgehead atoms. The van der Waals surface area contributed by atoms with E-state index in [0.29, 0.717) is 0 Å². The van der Waals surface area contributed by atoms with Crippen LogP contribution in [0.15, 0.2) is 5.16 Å². The van der Waals surface area contributed by atoms with E-state index in [-0.39, 0.29) is 6.61 Å². The van der Waals surface area contributed by atoms with Crippen LogP contribution in [-0.4, -0.2) is 34.7 Å². The number of hydrogen-bond acceptors (Lipinski definition) is 5. The van der Waals surface area contributed by atoms with Gasteiger partial charge in [-0.05, 0) is 13.8 Å². The molecule has 0 aromatic carbocycles. The number of alkyl halides is 1. The fourth-order valence-corrected chi connectivity index (χ4v) is 0.682. The molecule has 0 aromatic rings. The van der Waals surface area contributed by atoms with E-state index in [1.54, 1.807) is 6.92 Å². The van der Waals surface area contributed by atoms with E-state index < -0.39 is 22.8 Å². The average molecular weight is 208 g/mol. The van der Waals surface area contributed by atoms with E-state index in [4.69, 9.17) is 16.8 Å². The van der Waals surface area contributed by atoms with Crippen LogP contribution >= 0.6 is 11.6 Å². The lowest BCUT2D eigenvalue weighted by Crippen LogP contribution is -2.31. The Bertz CT molecular complexity index is 237. The van der Waals surface area contributed by atoms with Gasteiger partial charge in [-0.25, -0.2) is 4.79 Å². The molecule has 0 rings (SSSR count). The smallest absolute Gasteiger partial charge is 0.364 e. The predicted octanol–water partition coefficient (Wildman–Crippen LogP) is 0.576. The molecule has 1 atom stereocenters. The average Bonchev–Trinajstić information content (AvgIpc) is 2.05. The van der Waals surface area contributed by atoms with Crippen molar-refractivity contribution in [1.82, 2.24) is 0 Å². The van der Waals surface area contributed by atoms with Gasteiger partial charge in [0.2, 0.25) is 11.5 Å². The Morgan fingerprint density at radius 1 is 1.62 bits per heavy atom. The molecule has 5 nitrogen and oxygen atoms in total. The van der Waals surface area contributed by atoms with Gasteiger partial charge < -0.3 is 9.94 Å². The molecule has 0 aliphatic heterocycles. The number of oxime groups is 1. The third kappa shape index (κ3) is 3.42. The van der Waals surface area contributed by atoms with Crippen LogP contribution in [0, 0.1) is 0 Å². The number of hydrogen-bond donors (Lipinski definition) is 1. The fourth-order valence-electron chi connectivity index (χ4n) is 0.579. The maximum absolute atomic E-state index is 11.1. The lowest BCUT2D eigenvalue weighted by molar-refractivity contribution is -0.135. The first-order valence-corrected chi connectivity index (χ1v) is 4.05. The summed E-state index contributed by atoms with van der Waals surface area (Å²) in [5, 5.41) is 9.96. The molecule has 1 unspecified atom stereocenters. The van der Waals surface area contributed by atoms with Crippen LogP contribution in [-0.2, 0) is 14.3 Å². The van der Waals surface area contributed by atoms with Crippen molar-refractivity contribution in [1.29, 1.82) is 0 Å². The van der Waals surface area contributed by atoms with Crippen LogP contribution in [0.25, 0.3) is 0 Å². The monoisotopic (exact) mass is 207 g/mol. The summed E-state index contributed by atoms with van der Waals surface area (Å²) < 4.78 is 4.46. The summed E-state index contributed by atoms with van der Waals surface area (Å²) >= 11 is 5.40. The van der Waals surface area contributed by atoms with Crippen LogP contribution in [0.3, 0.4) is 0 Å². The molecule has 0 saturated carbocycles. The number of nitrogens with zero attached hydrogens (tertiary/aromatic N) is 1. The zero-order chi connectivity index (χ0) is 10.4. The molecule has 0 saturated heterocycles. The summed E-state index contributed by atoms with van der Waals surface area (Å²) in [6.07, 6.45) is 0. The number of carbonyl (C=O) groups excluding carboxylic acids is 2. The Morgan fingerprint density at radius 3 is 2.46 bits per heavy atom. The lowest BCUT2D eigenvalue weighted by Gasteiger charge is -2.03. The topological polar surface area (TPSA) is 76.0 Å². The highest BCUT2D eigenvalue weighted by Crippen LogP contribution is 1.99. The normalized spacial score (nSPS) is 13.6. The van der Waals surface area contributed by atoms with Crippen LogP contribution in [0.2, 0.25) is 0 Å². The van der Waals surface area contributed by atoms with Crippen LogP contribution in [0.5, 0.6) is 0 Å². The van der Waals surface area contributed by atoms with E-state index >= 15 is 0 Å². The predicted molar refractivity (Wildman–Crippen MR) is 46.2 cm³/mol. The first-order chi connectivity index (χ1) is 6.04. The number of carbonyl (C=O) groups is 2. The molecule has 0 amide bonds. The highest BCUT2D eigenvalue weighted by Gasteiger charge is 2.25. The molecule has 74 valence electrons. The van der Waals surface area contributed by atoms with E-state index in [1.807, 2.05) is 0 Å². The van der Waals surface area contributed by atoms with Gasteiger partial charge >= 0.3 is 5.97 Å². The minimum Gasteiger partial charge on any atom is -0.461 e. The first-order valence-electron chi connectivity index (χ1n) is 3.62. The summed E-state index contributed by atoms with van der Waals surface area (Å²) in [6.45, 7) is 3.04. The highest BCUT2D eigenvalue weighted by molar-refractivity contribution is 6.68. The molecule has 1 N–H and O–H groups in total. The number of Topliss-reactive ketones (excluding diaryl/α,β-unsaturated/α-hetero) is 1. The third-order valence-electron chi connectivity index (χ3n) is 1.16. The second kappa shape index (κ2) is 5.53. The molecular weight excluding hydrogens is 198 g/mol. The molecule has 0 aliphatic rings. The van der Waals surface area contributed by atoms with Gasteiger partial charge in [0.15, 0.2) is 0 Å².